The van der Waals surface area contributed by atoms with E-state index in [4.69, 9.17) is 27.9 Å². The first kappa shape index (κ1) is 14.6. The standard InChI is InChI=1S/C13H15Cl2FN2O/c1-3-19-7-8(2)18-12-4-9(15)10(16)5-11(12)17-13(18)6-14/h4-5,8H,3,6-7H2,1-2H3. The molecule has 0 bridgehead atoms. The first-order valence-corrected chi connectivity index (χ1v) is 6.99. The molecule has 1 unspecified atom stereocenters. The van der Waals surface area contributed by atoms with E-state index in [9.17, 15) is 4.39 Å². The van der Waals surface area contributed by atoms with Gasteiger partial charge in [-0.15, -0.1) is 11.6 Å². The van der Waals surface area contributed by atoms with Crippen molar-refractivity contribution in [1.82, 2.24) is 9.55 Å². The van der Waals surface area contributed by atoms with Crippen LogP contribution in [0, 0.1) is 5.82 Å². The molecular formula is C13H15Cl2FN2O. The summed E-state index contributed by atoms with van der Waals surface area (Å²) < 4.78 is 20.8. The molecule has 6 heteroatoms. The molecule has 1 atom stereocenters. The predicted octanol–water partition coefficient (Wildman–Crippen LogP) is 4.17. The molecule has 0 spiro atoms. The van der Waals surface area contributed by atoms with Crippen molar-refractivity contribution < 1.29 is 9.13 Å². The lowest BCUT2D eigenvalue weighted by molar-refractivity contribution is 0.119. The van der Waals surface area contributed by atoms with Crippen molar-refractivity contribution in [2.24, 2.45) is 0 Å². The van der Waals surface area contributed by atoms with Crippen LogP contribution in [-0.4, -0.2) is 22.8 Å². The molecule has 19 heavy (non-hydrogen) atoms. The zero-order valence-electron chi connectivity index (χ0n) is 10.8. The van der Waals surface area contributed by atoms with E-state index >= 15 is 0 Å². The average molecular weight is 305 g/mol. The van der Waals surface area contributed by atoms with Crippen LogP contribution < -0.4 is 0 Å². The molecule has 0 aliphatic rings. The third-order valence-electron chi connectivity index (χ3n) is 2.93. The van der Waals surface area contributed by atoms with Crippen LogP contribution in [-0.2, 0) is 10.6 Å². The lowest BCUT2D eigenvalue weighted by atomic mass is 10.2. The molecule has 0 N–H and O–H groups in total. The Labute approximate surface area is 121 Å². The summed E-state index contributed by atoms with van der Waals surface area (Å²) in [7, 11) is 0. The largest absolute Gasteiger partial charge is 0.380 e. The number of alkyl halides is 1. The number of imidazole rings is 1. The number of nitrogens with zero attached hydrogens (tertiary/aromatic N) is 2. The Balaban J connectivity index is 2.53. The number of halogens is 3. The molecule has 0 aliphatic carbocycles. The first-order chi connectivity index (χ1) is 9.08. The van der Waals surface area contributed by atoms with Crippen molar-refractivity contribution >= 4 is 34.2 Å². The highest BCUT2D eigenvalue weighted by molar-refractivity contribution is 6.31. The third-order valence-corrected chi connectivity index (χ3v) is 3.46. The number of benzene rings is 1. The van der Waals surface area contributed by atoms with Crippen molar-refractivity contribution in [3.05, 3.63) is 28.8 Å². The van der Waals surface area contributed by atoms with E-state index in [0.717, 1.165) is 5.52 Å². The summed E-state index contributed by atoms with van der Waals surface area (Å²) in [6.07, 6.45) is 0. The lowest BCUT2D eigenvalue weighted by Gasteiger charge is -2.16. The average Bonchev–Trinajstić information content (AvgIpc) is 2.74. The molecule has 1 aromatic carbocycles. The van der Waals surface area contributed by atoms with Gasteiger partial charge in [0.15, 0.2) is 0 Å². The summed E-state index contributed by atoms with van der Waals surface area (Å²) in [5.74, 6) is 0.465. The molecule has 0 aliphatic heterocycles. The van der Waals surface area contributed by atoms with Gasteiger partial charge >= 0.3 is 0 Å². The van der Waals surface area contributed by atoms with E-state index in [0.29, 0.717) is 24.6 Å². The van der Waals surface area contributed by atoms with Gasteiger partial charge in [0.1, 0.15) is 11.6 Å². The number of rotatable bonds is 5. The Morgan fingerprint density at radius 1 is 1.47 bits per heavy atom. The quantitative estimate of drug-likeness (QED) is 0.775. The van der Waals surface area contributed by atoms with Gasteiger partial charge in [-0.3, -0.25) is 0 Å². The monoisotopic (exact) mass is 304 g/mol. The van der Waals surface area contributed by atoms with Crippen LogP contribution in [0.1, 0.15) is 25.7 Å². The summed E-state index contributed by atoms with van der Waals surface area (Å²) in [5.41, 5.74) is 1.33. The molecule has 3 nitrogen and oxygen atoms in total. The highest BCUT2D eigenvalue weighted by Gasteiger charge is 2.17. The van der Waals surface area contributed by atoms with E-state index in [2.05, 4.69) is 4.98 Å². The zero-order chi connectivity index (χ0) is 14.0. The number of fused-ring (bicyclic) bond motifs is 1. The van der Waals surface area contributed by atoms with Crippen molar-refractivity contribution in [3.63, 3.8) is 0 Å². The summed E-state index contributed by atoms with van der Waals surface area (Å²) in [4.78, 5) is 4.34. The molecule has 1 aromatic heterocycles. The normalized spacial score (nSPS) is 13.1. The fourth-order valence-electron chi connectivity index (χ4n) is 2.09. The van der Waals surface area contributed by atoms with E-state index in [1.54, 1.807) is 6.07 Å². The van der Waals surface area contributed by atoms with E-state index in [-0.39, 0.29) is 16.9 Å². The van der Waals surface area contributed by atoms with Crippen LogP contribution in [0.15, 0.2) is 12.1 Å². The molecule has 0 radical (unpaired) electrons. The Hall–Kier alpha value is -0.840. The predicted molar refractivity (Wildman–Crippen MR) is 75.5 cm³/mol. The fraction of sp³-hybridized carbons (Fsp3) is 0.462. The molecule has 1 heterocycles. The molecular weight excluding hydrogens is 290 g/mol. The number of ether oxygens (including phenoxy) is 1. The second-order valence-electron chi connectivity index (χ2n) is 4.30. The summed E-state index contributed by atoms with van der Waals surface area (Å²) >= 11 is 11.8. The van der Waals surface area contributed by atoms with E-state index in [1.165, 1.54) is 6.07 Å². The van der Waals surface area contributed by atoms with Crippen LogP contribution in [0.3, 0.4) is 0 Å². The molecule has 0 amide bonds. The van der Waals surface area contributed by atoms with Crippen LogP contribution in [0.4, 0.5) is 4.39 Å². The summed E-state index contributed by atoms with van der Waals surface area (Å²) in [6, 6.07) is 2.97. The minimum atomic E-state index is -0.475. The van der Waals surface area contributed by atoms with Crippen molar-refractivity contribution in [2.75, 3.05) is 13.2 Å². The van der Waals surface area contributed by atoms with Crippen LogP contribution in [0.5, 0.6) is 0 Å². The highest BCUT2D eigenvalue weighted by atomic mass is 35.5. The van der Waals surface area contributed by atoms with E-state index in [1.807, 2.05) is 18.4 Å². The highest BCUT2D eigenvalue weighted by Crippen LogP contribution is 2.27. The molecule has 0 saturated heterocycles. The van der Waals surface area contributed by atoms with Gasteiger partial charge in [-0.2, -0.15) is 0 Å². The van der Waals surface area contributed by atoms with Gasteiger partial charge in [0.05, 0.1) is 34.6 Å². The molecule has 104 valence electrons. The first-order valence-electron chi connectivity index (χ1n) is 6.08. The maximum Gasteiger partial charge on any atom is 0.144 e. The summed E-state index contributed by atoms with van der Waals surface area (Å²) in [6.45, 7) is 5.13. The SMILES string of the molecule is CCOCC(C)n1c(CCl)nc2cc(F)c(Cl)cc21. The van der Waals surface area contributed by atoms with Gasteiger partial charge in [-0.1, -0.05) is 11.6 Å². The van der Waals surface area contributed by atoms with Crippen molar-refractivity contribution in [1.29, 1.82) is 0 Å². The van der Waals surface area contributed by atoms with E-state index < -0.39 is 5.82 Å². The maximum atomic E-state index is 13.5. The fourth-order valence-corrected chi connectivity index (χ4v) is 2.44. The lowest BCUT2D eigenvalue weighted by Crippen LogP contribution is -2.14. The van der Waals surface area contributed by atoms with Crippen molar-refractivity contribution in [2.45, 2.75) is 25.8 Å². The zero-order valence-corrected chi connectivity index (χ0v) is 12.3. The second kappa shape index (κ2) is 6.07. The Morgan fingerprint density at radius 3 is 2.84 bits per heavy atom. The van der Waals surface area contributed by atoms with Gasteiger partial charge in [-0.25, -0.2) is 9.37 Å². The second-order valence-corrected chi connectivity index (χ2v) is 4.97. The molecule has 2 aromatic rings. The van der Waals surface area contributed by atoms with Crippen LogP contribution in [0.25, 0.3) is 11.0 Å². The minimum Gasteiger partial charge on any atom is -0.380 e. The van der Waals surface area contributed by atoms with Gasteiger partial charge in [0.25, 0.3) is 0 Å². The van der Waals surface area contributed by atoms with Gasteiger partial charge in [0, 0.05) is 12.7 Å². The Kier molecular flexibility index (Phi) is 4.66. The summed E-state index contributed by atoms with van der Waals surface area (Å²) in [5, 5.41) is 0.0818. The number of hydrogen-bond donors (Lipinski definition) is 0. The molecule has 0 saturated carbocycles. The third kappa shape index (κ3) is 2.86. The van der Waals surface area contributed by atoms with Crippen LogP contribution >= 0.6 is 23.2 Å². The number of hydrogen-bond acceptors (Lipinski definition) is 2. The Bertz CT molecular complexity index is 586. The number of aromatic nitrogens is 2. The van der Waals surface area contributed by atoms with Crippen LogP contribution in [0.2, 0.25) is 5.02 Å². The maximum absolute atomic E-state index is 13.5. The van der Waals surface area contributed by atoms with Gasteiger partial charge in [-0.05, 0) is 19.9 Å². The smallest absolute Gasteiger partial charge is 0.144 e. The topological polar surface area (TPSA) is 27.1 Å². The van der Waals surface area contributed by atoms with Gasteiger partial charge in [0.2, 0.25) is 0 Å². The molecule has 0 fully saturated rings. The molecule has 2 rings (SSSR count). The van der Waals surface area contributed by atoms with Gasteiger partial charge < -0.3 is 9.30 Å². The minimum absolute atomic E-state index is 0.0558. The van der Waals surface area contributed by atoms with Crippen molar-refractivity contribution in [3.8, 4) is 0 Å². The Morgan fingerprint density at radius 2 is 2.21 bits per heavy atom.